The van der Waals surface area contributed by atoms with Gasteiger partial charge in [0.15, 0.2) is 5.82 Å². The van der Waals surface area contributed by atoms with Crippen molar-refractivity contribution >= 4 is 15.8 Å². The Bertz CT molecular complexity index is 588. The molecule has 1 aliphatic rings. The lowest BCUT2D eigenvalue weighted by Crippen LogP contribution is -2.46. The van der Waals surface area contributed by atoms with Crippen molar-refractivity contribution in [2.75, 3.05) is 44.4 Å². The Morgan fingerprint density at radius 1 is 1.35 bits per heavy atom. The van der Waals surface area contributed by atoms with Gasteiger partial charge in [0.25, 0.3) is 0 Å². The fourth-order valence-electron chi connectivity index (χ4n) is 2.66. The molecule has 1 aromatic rings. The molecule has 1 fully saturated rings. The van der Waals surface area contributed by atoms with Crippen molar-refractivity contribution < 1.29 is 8.42 Å². The summed E-state index contributed by atoms with van der Waals surface area (Å²) in [5, 5.41) is 11.8. The number of hydrogen-bond acceptors (Lipinski definition) is 6. The van der Waals surface area contributed by atoms with Crippen molar-refractivity contribution in [2.24, 2.45) is 0 Å². The third-order valence-electron chi connectivity index (χ3n) is 4.10. The number of hydrogen-bond donors (Lipinski definition) is 1. The predicted molar refractivity (Wildman–Crippen MR) is 92.1 cm³/mol. The topological polar surface area (TPSA) is 78.4 Å². The second-order valence-electron chi connectivity index (χ2n) is 6.22. The summed E-state index contributed by atoms with van der Waals surface area (Å²) in [4.78, 5) is 2.24. The maximum atomic E-state index is 11.7. The van der Waals surface area contributed by atoms with Gasteiger partial charge in [-0.15, -0.1) is 5.10 Å². The van der Waals surface area contributed by atoms with Crippen molar-refractivity contribution in [2.45, 2.75) is 32.2 Å². The normalized spacial score (nSPS) is 19.3. The van der Waals surface area contributed by atoms with Crippen LogP contribution in [0.2, 0.25) is 0 Å². The van der Waals surface area contributed by atoms with Crippen molar-refractivity contribution in [1.29, 1.82) is 0 Å². The SMILES string of the molecule is Cc1ccc(N2CCCC(NCCCS(=O)(=O)N(C)C)C2)nn1. The van der Waals surface area contributed by atoms with Crippen molar-refractivity contribution in [3.63, 3.8) is 0 Å². The number of aryl methyl sites for hydroxylation is 1. The number of nitrogens with one attached hydrogen (secondary N) is 1. The number of sulfonamides is 1. The molecule has 2 rings (SSSR count). The molecule has 0 amide bonds. The molecule has 1 unspecified atom stereocenters. The minimum absolute atomic E-state index is 0.187. The molecular weight excluding hydrogens is 314 g/mol. The summed E-state index contributed by atoms with van der Waals surface area (Å²) < 4.78 is 24.7. The molecule has 1 saturated heterocycles. The second-order valence-corrected chi connectivity index (χ2v) is 8.53. The monoisotopic (exact) mass is 341 g/mol. The van der Waals surface area contributed by atoms with E-state index in [0.717, 1.165) is 37.4 Å². The van der Waals surface area contributed by atoms with Crippen molar-refractivity contribution in [1.82, 2.24) is 19.8 Å². The highest BCUT2D eigenvalue weighted by molar-refractivity contribution is 7.89. The summed E-state index contributed by atoms with van der Waals surface area (Å²) >= 11 is 0. The van der Waals surface area contributed by atoms with Crippen molar-refractivity contribution in [3.05, 3.63) is 17.8 Å². The van der Waals surface area contributed by atoms with Crippen LogP contribution in [-0.2, 0) is 10.0 Å². The minimum atomic E-state index is -3.09. The number of anilines is 1. The fraction of sp³-hybridized carbons (Fsp3) is 0.733. The molecule has 0 saturated carbocycles. The van der Waals surface area contributed by atoms with Crippen molar-refractivity contribution in [3.8, 4) is 0 Å². The molecule has 8 heteroatoms. The molecule has 0 spiro atoms. The minimum Gasteiger partial charge on any atom is -0.354 e. The highest BCUT2D eigenvalue weighted by Gasteiger charge is 2.21. The van der Waals surface area contributed by atoms with E-state index in [1.807, 2.05) is 19.1 Å². The van der Waals surface area contributed by atoms with Crippen LogP contribution in [0.15, 0.2) is 12.1 Å². The summed E-state index contributed by atoms with van der Waals surface area (Å²) in [5.74, 6) is 1.10. The third kappa shape index (κ3) is 5.40. The Morgan fingerprint density at radius 3 is 2.78 bits per heavy atom. The van der Waals surface area contributed by atoms with Crippen LogP contribution in [0.5, 0.6) is 0 Å². The van der Waals surface area contributed by atoms with E-state index in [4.69, 9.17) is 0 Å². The van der Waals surface area contributed by atoms with Crippen LogP contribution >= 0.6 is 0 Å². The second kappa shape index (κ2) is 8.03. The lowest BCUT2D eigenvalue weighted by atomic mass is 10.1. The van der Waals surface area contributed by atoms with Gasteiger partial charge in [-0.1, -0.05) is 0 Å². The Labute approximate surface area is 139 Å². The van der Waals surface area contributed by atoms with Crippen LogP contribution < -0.4 is 10.2 Å². The van der Waals surface area contributed by atoms with Gasteiger partial charge in [0.1, 0.15) is 0 Å². The van der Waals surface area contributed by atoms with Gasteiger partial charge in [-0.3, -0.25) is 0 Å². The number of piperidine rings is 1. The zero-order valence-electron chi connectivity index (χ0n) is 14.2. The molecule has 2 heterocycles. The molecule has 0 aliphatic carbocycles. The quantitative estimate of drug-likeness (QED) is 0.733. The molecule has 1 N–H and O–H groups in total. The Hall–Kier alpha value is -1.25. The van der Waals surface area contributed by atoms with Crippen LogP contribution in [0.4, 0.5) is 5.82 Å². The lowest BCUT2D eigenvalue weighted by molar-refractivity contribution is 0.420. The maximum absolute atomic E-state index is 11.7. The van der Waals surface area contributed by atoms with E-state index in [-0.39, 0.29) is 5.75 Å². The van der Waals surface area contributed by atoms with Crippen LogP contribution in [-0.4, -0.2) is 68.4 Å². The molecule has 0 bridgehead atoms. The van der Waals surface area contributed by atoms with Crippen LogP contribution in [0.3, 0.4) is 0 Å². The molecule has 0 radical (unpaired) electrons. The molecule has 7 nitrogen and oxygen atoms in total. The van der Waals surface area contributed by atoms with Gasteiger partial charge in [-0.2, -0.15) is 5.10 Å². The van der Waals surface area contributed by atoms with E-state index in [1.165, 1.54) is 4.31 Å². The van der Waals surface area contributed by atoms with Gasteiger partial charge < -0.3 is 10.2 Å². The van der Waals surface area contributed by atoms with E-state index >= 15 is 0 Å². The van der Waals surface area contributed by atoms with Gasteiger partial charge in [-0.05, 0) is 44.9 Å². The highest BCUT2D eigenvalue weighted by atomic mass is 32.2. The Balaban J connectivity index is 1.77. The van der Waals surface area contributed by atoms with Gasteiger partial charge in [0.2, 0.25) is 10.0 Å². The number of rotatable bonds is 7. The molecule has 1 aliphatic heterocycles. The summed E-state index contributed by atoms with van der Waals surface area (Å²) in [6, 6.07) is 4.36. The van der Waals surface area contributed by atoms with Gasteiger partial charge in [0.05, 0.1) is 11.4 Å². The Morgan fingerprint density at radius 2 is 2.13 bits per heavy atom. The van der Waals surface area contributed by atoms with E-state index in [0.29, 0.717) is 19.0 Å². The fourth-order valence-corrected chi connectivity index (χ4v) is 3.53. The first-order chi connectivity index (χ1) is 10.9. The average molecular weight is 341 g/mol. The summed E-state index contributed by atoms with van der Waals surface area (Å²) in [7, 11) is 0.0532. The number of nitrogens with zero attached hydrogens (tertiary/aromatic N) is 4. The van der Waals surface area contributed by atoms with E-state index in [2.05, 4.69) is 20.4 Å². The van der Waals surface area contributed by atoms with Gasteiger partial charge in [-0.25, -0.2) is 12.7 Å². The standard InChI is InChI=1S/C15H27N5O2S/c1-13-7-8-15(18-17-13)20-10-4-6-14(12-20)16-9-5-11-23(21,22)19(2)3/h7-8,14,16H,4-6,9-12H2,1-3H3. The first-order valence-electron chi connectivity index (χ1n) is 8.07. The highest BCUT2D eigenvalue weighted by Crippen LogP contribution is 2.17. The summed E-state index contributed by atoms with van der Waals surface area (Å²) in [6.07, 6.45) is 2.83. The van der Waals surface area contributed by atoms with Gasteiger partial charge in [0, 0.05) is 33.2 Å². The molecule has 130 valence electrons. The summed E-state index contributed by atoms with van der Waals surface area (Å²) in [5.41, 5.74) is 0.919. The zero-order valence-corrected chi connectivity index (χ0v) is 15.0. The zero-order chi connectivity index (χ0) is 16.9. The smallest absolute Gasteiger partial charge is 0.213 e. The lowest BCUT2D eigenvalue weighted by Gasteiger charge is -2.33. The first-order valence-corrected chi connectivity index (χ1v) is 9.68. The molecule has 1 aromatic heterocycles. The number of aromatic nitrogens is 2. The third-order valence-corrected chi connectivity index (χ3v) is 6.01. The molecular formula is C15H27N5O2S. The predicted octanol–water partition coefficient (Wildman–Crippen LogP) is 0.625. The van der Waals surface area contributed by atoms with E-state index in [9.17, 15) is 8.42 Å². The molecule has 1 atom stereocenters. The first kappa shape index (κ1) is 18.1. The average Bonchev–Trinajstić information content (AvgIpc) is 2.52. The molecule has 23 heavy (non-hydrogen) atoms. The van der Waals surface area contributed by atoms with Crippen LogP contribution in [0.25, 0.3) is 0 Å². The van der Waals surface area contributed by atoms with Crippen LogP contribution in [0, 0.1) is 6.92 Å². The van der Waals surface area contributed by atoms with E-state index < -0.39 is 10.0 Å². The largest absolute Gasteiger partial charge is 0.354 e. The summed E-state index contributed by atoms with van der Waals surface area (Å²) in [6.45, 7) is 4.52. The Kier molecular flexibility index (Phi) is 6.32. The maximum Gasteiger partial charge on any atom is 0.213 e. The molecule has 0 aromatic carbocycles. The van der Waals surface area contributed by atoms with Crippen LogP contribution in [0.1, 0.15) is 25.0 Å². The van der Waals surface area contributed by atoms with Gasteiger partial charge >= 0.3 is 0 Å². The van der Waals surface area contributed by atoms with E-state index in [1.54, 1.807) is 14.1 Å².